The highest BCUT2D eigenvalue weighted by Gasteiger charge is 2.09. The third kappa shape index (κ3) is 3.82. The van der Waals surface area contributed by atoms with E-state index in [9.17, 15) is 19.7 Å². The van der Waals surface area contributed by atoms with E-state index < -0.39 is 16.7 Å². The summed E-state index contributed by atoms with van der Waals surface area (Å²) in [5.74, 6) is -1.12. The van der Waals surface area contributed by atoms with Crippen LogP contribution in [0.15, 0.2) is 36.4 Å². The second-order valence-electron chi connectivity index (χ2n) is 3.26. The van der Waals surface area contributed by atoms with Gasteiger partial charge in [0, 0.05) is 23.8 Å². The van der Waals surface area contributed by atoms with E-state index in [1.165, 1.54) is 18.2 Å². The first-order valence-electron chi connectivity index (χ1n) is 5.18. The van der Waals surface area contributed by atoms with Crippen molar-refractivity contribution in [3.05, 3.63) is 52.1 Å². The monoisotopic (exact) mass is 249 g/mol. The van der Waals surface area contributed by atoms with Gasteiger partial charge in [0.25, 0.3) is 5.69 Å². The summed E-state index contributed by atoms with van der Waals surface area (Å²) >= 11 is 0. The number of ketones is 1. The van der Waals surface area contributed by atoms with E-state index in [-0.39, 0.29) is 17.9 Å². The lowest BCUT2D eigenvalue weighted by Gasteiger charge is -1.96. The highest BCUT2D eigenvalue weighted by Crippen LogP contribution is 2.13. The summed E-state index contributed by atoms with van der Waals surface area (Å²) in [5, 5.41) is 10.5. The molecule has 0 atom stereocenters. The van der Waals surface area contributed by atoms with Crippen molar-refractivity contribution >= 4 is 17.4 Å². The first kappa shape index (κ1) is 13.6. The molecule has 6 nitrogen and oxygen atoms in total. The largest absolute Gasteiger partial charge is 0.463 e. The topological polar surface area (TPSA) is 86.5 Å². The van der Waals surface area contributed by atoms with Crippen LogP contribution in [0.5, 0.6) is 0 Å². The highest BCUT2D eigenvalue weighted by atomic mass is 16.6. The third-order valence-electron chi connectivity index (χ3n) is 2.00. The molecule has 6 heteroatoms. The van der Waals surface area contributed by atoms with E-state index in [1.54, 1.807) is 6.92 Å². The van der Waals surface area contributed by atoms with Gasteiger partial charge in [-0.1, -0.05) is 12.1 Å². The Hall–Kier alpha value is -2.50. The molecule has 0 bridgehead atoms. The second-order valence-corrected chi connectivity index (χ2v) is 3.26. The molecule has 0 saturated carbocycles. The predicted molar refractivity (Wildman–Crippen MR) is 63.2 cm³/mol. The van der Waals surface area contributed by atoms with Crippen LogP contribution in [-0.4, -0.2) is 23.3 Å². The number of carbonyl (C=O) groups excluding carboxylic acids is 2. The normalized spacial score (nSPS) is 10.3. The van der Waals surface area contributed by atoms with Crippen LogP contribution in [0.4, 0.5) is 5.69 Å². The van der Waals surface area contributed by atoms with Crippen LogP contribution in [0.2, 0.25) is 0 Å². The van der Waals surface area contributed by atoms with Crippen LogP contribution in [-0.2, 0) is 9.53 Å². The first-order valence-corrected chi connectivity index (χ1v) is 5.18. The maximum absolute atomic E-state index is 11.6. The van der Waals surface area contributed by atoms with Gasteiger partial charge in [0.2, 0.25) is 0 Å². The Morgan fingerprint density at radius 1 is 1.39 bits per heavy atom. The van der Waals surface area contributed by atoms with Gasteiger partial charge in [-0.2, -0.15) is 0 Å². The van der Waals surface area contributed by atoms with Gasteiger partial charge in [-0.25, -0.2) is 4.79 Å². The number of hydrogen-bond acceptors (Lipinski definition) is 5. The van der Waals surface area contributed by atoms with Crippen LogP contribution < -0.4 is 0 Å². The molecule has 0 saturated heterocycles. The van der Waals surface area contributed by atoms with E-state index in [4.69, 9.17) is 0 Å². The van der Waals surface area contributed by atoms with Crippen molar-refractivity contribution in [2.24, 2.45) is 0 Å². The zero-order valence-electron chi connectivity index (χ0n) is 9.66. The number of ether oxygens (including phenoxy) is 1. The number of hydrogen-bond donors (Lipinski definition) is 0. The maximum Gasteiger partial charge on any atom is 0.330 e. The van der Waals surface area contributed by atoms with E-state index in [0.29, 0.717) is 0 Å². The molecule has 0 aliphatic rings. The SMILES string of the molecule is CCOC(=O)/C=C/C(=O)c1cccc([N+](=O)[O-])c1. The average Bonchev–Trinajstić information content (AvgIpc) is 2.36. The van der Waals surface area contributed by atoms with Gasteiger partial charge in [0.15, 0.2) is 5.78 Å². The third-order valence-corrected chi connectivity index (χ3v) is 2.00. The number of rotatable bonds is 5. The van der Waals surface area contributed by atoms with Crippen molar-refractivity contribution in [2.45, 2.75) is 6.92 Å². The minimum Gasteiger partial charge on any atom is -0.463 e. The standard InChI is InChI=1S/C12H11NO5/c1-2-18-12(15)7-6-11(14)9-4-3-5-10(8-9)13(16)17/h3-8H,2H2,1H3/b7-6+. The van der Waals surface area contributed by atoms with E-state index in [0.717, 1.165) is 18.2 Å². The molecule has 0 unspecified atom stereocenters. The molecule has 1 aromatic rings. The van der Waals surface area contributed by atoms with Gasteiger partial charge in [-0.3, -0.25) is 14.9 Å². The number of non-ortho nitro benzene ring substituents is 1. The zero-order valence-corrected chi connectivity index (χ0v) is 9.66. The van der Waals surface area contributed by atoms with Crippen molar-refractivity contribution in [3.8, 4) is 0 Å². The minimum absolute atomic E-state index is 0.143. The Kier molecular flexibility index (Phi) is 4.74. The molecule has 0 radical (unpaired) electrons. The molecule has 0 aliphatic heterocycles. The number of carbonyl (C=O) groups is 2. The van der Waals surface area contributed by atoms with Gasteiger partial charge in [-0.15, -0.1) is 0 Å². The summed E-state index contributed by atoms with van der Waals surface area (Å²) in [5.41, 5.74) is -0.0323. The van der Waals surface area contributed by atoms with Crippen molar-refractivity contribution in [2.75, 3.05) is 6.61 Å². The quantitative estimate of drug-likeness (QED) is 0.261. The van der Waals surface area contributed by atoms with Gasteiger partial charge >= 0.3 is 5.97 Å². The lowest BCUT2D eigenvalue weighted by molar-refractivity contribution is -0.384. The Morgan fingerprint density at radius 3 is 2.72 bits per heavy atom. The Bertz CT molecular complexity index is 507. The summed E-state index contributed by atoms with van der Waals surface area (Å²) in [6.45, 7) is 1.86. The number of nitrogens with zero attached hydrogens (tertiary/aromatic N) is 1. The number of esters is 1. The summed E-state index contributed by atoms with van der Waals surface area (Å²) in [6.07, 6.45) is 2.02. The molecule has 0 fully saturated rings. The molecule has 0 N–H and O–H groups in total. The molecule has 0 amide bonds. The van der Waals surface area contributed by atoms with Crippen LogP contribution in [0.25, 0.3) is 0 Å². The fourth-order valence-corrected chi connectivity index (χ4v) is 1.20. The average molecular weight is 249 g/mol. The van der Waals surface area contributed by atoms with Crippen LogP contribution >= 0.6 is 0 Å². The fraction of sp³-hybridized carbons (Fsp3) is 0.167. The van der Waals surface area contributed by atoms with E-state index >= 15 is 0 Å². The van der Waals surface area contributed by atoms with Crippen LogP contribution in [0.3, 0.4) is 0 Å². The predicted octanol–water partition coefficient (Wildman–Crippen LogP) is 1.90. The number of nitro benzene ring substituents is 1. The lowest BCUT2D eigenvalue weighted by Crippen LogP contribution is -2.02. The summed E-state index contributed by atoms with van der Waals surface area (Å²) in [4.78, 5) is 32.5. The van der Waals surface area contributed by atoms with Crippen molar-refractivity contribution < 1.29 is 19.2 Å². The van der Waals surface area contributed by atoms with Gasteiger partial charge in [0.05, 0.1) is 11.5 Å². The Balaban J connectivity index is 2.81. The summed E-state index contributed by atoms with van der Waals surface area (Å²) in [6, 6.07) is 5.28. The second kappa shape index (κ2) is 6.29. The molecule has 0 aromatic heterocycles. The molecule has 0 spiro atoms. The molecule has 94 valence electrons. The van der Waals surface area contributed by atoms with Gasteiger partial charge in [0.1, 0.15) is 0 Å². The van der Waals surface area contributed by atoms with Crippen molar-refractivity contribution in [3.63, 3.8) is 0 Å². The number of nitro groups is 1. The van der Waals surface area contributed by atoms with E-state index in [1.807, 2.05) is 0 Å². The van der Waals surface area contributed by atoms with Crippen LogP contribution in [0, 0.1) is 10.1 Å². The first-order chi connectivity index (χ1) is 8.54. The molecule has 1 aromatic carbocycles. The highest BCUT2D eigenvalue weighted by molar-refractivity contribution is 6.07. The Morgan fingerprint density at radius 2 is 2.11 bits per heavy atom. The van der Waals surface area contributed by atoms with Crippen molar-refractivity contribution in [1.82, 2.24) is 0 Å². The molecule has 18 heavy (non-hydrogen) atoms. The zero-order chi connectivity index (χ0) is 13.5. The fourth-order valence-electron chi connectivity index (χ4n) is 1.20. The molecule has 0 heterocycles. The lowest BCUT2D eigenvalue weighted by atomic mass is 10.1. The van der Waals surface area contributed by atoms with Gasteiger partial charge in [-0.05, 0) is 13.0 Å². The molecule has 0 aliphatic carbocycles. The minimum atomic E-state index is -0.628. The van der Waals surface area contributed by atoms with E-state index in [2.05, 4.69) is 4.74 Å². The molecular formula is C12H11NO5. The molecule has 1 rings (SSSR count). The van der Waals surface area contributed by atoms with Crippen LogP contribution in [0.1, 0.15) is 17.3 Å². The number of benzene rings is 1. The Labute approximate surface area is 103 Å². The van der Waals surface area contributed by atoms with Crippen molar-refractivity contribution in [1.29, 1.82) is 0 Å². The maximum atomic E-state index is 11.6. The summed E-state index contributed by atoms with van der Waals surface area (Å²) < 4.78 is 4.60. The number of allylic oxidation sites excluding steroid dienone is 1. The summed E-state index contributed by atoms with van der Waals surface area (Å²) in [7, 11) is 0. The van der Waals surface area contributed by atoms with Gasteiger partial charge < -0.3 is 4.74 Å². The smallest absolute Gasteiger partial charge is 0.330 e. The molecular weight excluding hydrogens is 238 g/mol.